The lowest BCUT2D eigenvalue weighted by atomic mass is 10.3. The molecule has 2 aliphatic rings. The van der Waals surface area contributed by atoms with Crippen molar-refractivity contribution in [3.8, 4) is 0 Å². The summed E-state index contributed by atoms with van der Waals surface area (Å²) in [5.74, 6) is 0.692. The first-order valence-electron chi connectivity index (χ1n) is 5.33. The van der Waals surface area contributed by atoms with Gasteiger partial charge < -0.3 is 10.6 Å². The maximum absolute atomic E-state index is 11.1. The first-order chi connectivity index (χ1) is 6.66. The SMILES string of the molecule is O=S1(=O)CCC(NCCNC2CC2)C1. The van der Waals surface area contributed by atoms with Gasteiger partial charge in [-0.1, -0.05) is 0 Å². The van der Waals surface area contributed by atoms with E-state index in [9.17, 15) is 8.42 Å². The smallest absolute Gasteiger partial charge is 0.151 e. The van der Waals surface area contributed by atoms with Crippen LogP contribution < -0.4 is 10.6 Å². The Labute approximate surface area is 85.4 Å². The molecule has 1 heterocycles. The minimum Gasteiger partial charge on any atom is -0.313 e. The average molecular weight is 218 g/mol. The van der Waals surface area contributed by atoms with Crippen LogP contribution in [0.3, 0.4) is 0 Å². The molecular formula is C9H18N2O2S. The summed E-state index contributed by atoms with van der Waals surface area (Å²) in [6.45, 7) is 1.85. The lowest BCUT2D eigenvalue weighted by Crippen LogP contribution is -2.36. The number of hydrogen-bond donors (Lipinski definition) is 2. The van der Waals surface area contributed by atoms with E-state index in [2.05, 4.69) is 10.6 Å². The molecule has 0 bridgehead atoms. The van der Waals surface area contributed by atoms with Crippen LogP contribution in [0.25, 0.3) is 0 Å². The number of rotatable bonds is 5. The van der Waals surface area contributed by atoms with E-state index >= 15 is 0 Å². The van der Waals surface area contributed by atoms with E-state index in [1.54, 1.807) is 0 Å². The zero-order valence-corrected chi connectivity index (χ0v) is 9.15. The molecule has 0 aromatic heterocycles. The summed E-state index contributed by atoms with van der Waals surface area (Å²) in [6, 6.07) is 0.935. The Balaban J connectivity index is 1.57. The highest BCUT2D eigenvalue weighted by molar-refractivity contribution is 7.91. The van der Waals surface area contributed by atoms with Crippen molar-refractivity contribution in [1.29, 1.82) is 0 Å². The summed E-state index contributed by atoms with van der Waals surface area (Å²) in [5.41, 5.74) is 0. The van der Waals surface area contributed by atoms with Crippen LogP contribution in [0.1, 0.15) is 19.3 Å². The van der Waals surface area contributed by atoms with Gasteiger partial charge in [-0.05, 0) is 19.3 Å². The van der Waals surface area contributed by atoms with Crippen LogP contribution in [0.4, 0.5) is 0 Å². The summed E-state index contributed by atoms with van der Waals surface area (Å²) >= 11 is 0. The van der Waals surface area contributed by atoms with E-state index in [0.29, 0.717) is 11.5 Å². The maximum Gasteiger partial charge on any atom is 0.151 e. The van der Waals surface area contributed by atoms with E-state index in [4.69, 9.17) is 0 Å². The van der Waals surface area contributed by atoms with Gasteiger partial charge in [-0.15, -0.1) is 0 Å². The van der Waals surface area contributed by atoms with Crippen molar-refractivity contribution in [2.24, 2.45) is 0 Å². The Bertz CT molecular complexity index is 285. The van der Waals surface area contributed by atoms with Crippen molar-refractivity contribution in [2.75, 3.05) is 24.6 Å². The highest BCUT2D eigenvalue weighted by Gasteiger charge is 2.27. The summed E-state index contributed by atoms with van der Waals surface area (Å²) in [7, 11) is -2.72. The van der Waals surface area contributed by atoms with Crippen LogP contribution in [0, 0.1) is 0 Å². The molecule has 14 heavy (non-hydrogen) atoms. The number of nitrogens with one attached hydrogen (secondary N) is 2. The molecule has 1 saturated heterocycles. The largest absolute Gasteiger partial charge is 0.313 e. The minimum absolute atomic E-state index is 0.195. The molecule has 0 radical (unpaired) electrons. The summed E-state index contributed by atoms with van der Waals surface area (Å²) < 4.78 is 22.3. The molecule has 0 aromatic rings. The second kappa shape index (κ2) is 4.16. The molecular weight excluding hydrogens is 200 g/mol. The van der Waals surface area contributed by atoms with Gasteiger partial charge in [0.05, 0.1) is 11.5 Å². The molecule has 0 spiro atoms. The fourth-order valence-electron chi connectivity index (χ4n) is 1.80. The van der Waals surface area contributed by atoms with Crippen LogP contribution in [-0.2, 0) is 9.84 Å². The quantitative estimate of drug-likeness (QED) is 0.612. The molecule has 1 atom stereocenters. The lowest BCUT2D eigenvalue weighted by molar-refractivity contribution is 0.532. The van der Waals surface area contributed by atoms with Crippen molar-refractivity contribution in [1.82, 2.24) is 10.6 Å². The van der Waals surface area contributed by atoms with Crippen LogP contribution in [0.2, 0.25) is 0 Å². The zero-order chi connectivity index (χ0) is 10.0. The maximum atomic E-state index is 11.1. The third-order valence-corrected chi connectivity index (χ3v) is 4.57. The standard InChI is InChI=1S/C9H18N2O2S/c12-14(13)6-3-9(7-14)11-5-4-10-8-1-2-8/h8-11H,1-7H2. The van der Waals surface area contributed by atoms with Gasteiger partial charge in [-0.25, -0.2) is 8.42 Å². The first kappa shape index (κ1) is 10.4. The molecule has 1 unspecified atom stereocenters. The Morgan fingerprint density at radius 2 is 1.64 bits per heavy atom. The molecule has 82 valence electrons. The minimum atomic E-state index is -2.72. The summed E-state index contributed by atoms with van der Waals surface area (Å²) in [6.07, 6.45) is 3.39. The van der Waals surface area contributed by atoms with Crippen LogP contribution in [0.15, 0.2) is 0 Å². The van der Waals surface area contributed by atoms with Gasteiger partial charge in [-0.2, -0.15) is 0 Å². The van der Waals surface area contributed by atoms with E-state index < -0.39 is 9.84 Å². The van der Waals surface area contributed by atoms with Gasteiger partial charge in [0.25, 0.3) is 0 Å². The second-order valence-electron chi connectivity index (χ2n) is 4.28. The molecule has 2 rings (SSSR count). The molecule has 0 amide bonds. The monoisotopic (exact) mass is 218 g/mol. The predicted octanol–water partition coefficient (Wildman–Crippen LogP) is -0.485. The second-order valence-corrected chi connectivity index (χ2v) is 6.51. The van der Waals surface area contributed by atoms with Crippen LogP contribution in [-0.4, -0.2) is 45.1 Å². The van der Waals surface area contributed by atoms with Crippen molar-refractivity contribution >= 4 is 9.84 Å². The van der Waals surface area contributed by atoms with Crippen molar-refractivity contribution in [2.45, 2.75) is 31.3 Å². The van der Waals surface area contributed by atoms with Gasteiger partial charge in [0.15, 0.2) is 9.84 Å². The van der Waals surface area contributed by atoms with Crippen molar-refractivity contribution in [3.05, 3.63) is 0 Å². The van der Waals surface area contributed by atoms with E-state index in [1.807, 2.05) is 0 Å². The predicted molar refractivity (Wildman–Crippen MR) is 56.1 cm³/mol. The Kier molecular flexibility index (Phi) is 3.09. The fourth-order valence-corrected chi connectivity index (χ4v) is 3.50. The Morgan fingerprint density at radius 3 is 2.14 bits per heavy atom. The number of hydrogen-bond acceptors (Lipinski definition) is 4. The van der Waals surface area contributed by atoms with E-state index in [1.165, 1.54) is 12.8 Å². The first-order valence-corrected chi connectivity index (χ1v) is 7.15. The third-order valence-electron chi connectivity index (χ3n) is 2.80. The Morgan fingerprint density at radius 1 is 1.00 bits per heavy atom. The fraction of sp³-hybridized carbons (Fsp3) is 1.00. The van der Waals surface area contributed by atoms with E-state index in [0.717, 1.165) is 25.6 Å². The average Bonchev–Trinajstić information content (AvgIpc) is 2.86. The topological polar surface area (TPSA) is 58.2 Å². The Hall–Kier alpha value is -0.130. The van der Waals surface area contributed by atoms with Crippen molar-refractivity contribution in [3.63, 3.8) is 0 Å². The highest BCUT2D eigenvalue weighted by atomic mass is 32.2. The van der Waals surface area contributed by atoms with Gasteiger partial charge in [0, 0.05) is 25.2 Å². The van der Waals surface area contributed by atoms with Gasteiger partial charge in [0.1, 0.15) is 0 Å². The van der Waals surface area contributed by atoms with Crippen molar-refractivity contribution < 1.29 is 8.42 Å². The van der Waals surface area contributed by atoms with Crippen LogP contribution in [0.5, 0.6) is 0 Å². The van der Waals surface area contributed by atoms with Crippen LogP contribution >= 0.6 is 0 Å². The zero-order valence-electron chi connectivity index (χ0n) is 8.33. The highest BCUT2D eigenvalue weighted by Crippen LogP contribution is 2.17. The normalized spacial score (nSPS) is 30.7. The molecule has 1 aliphatic heterocycles. The summed E-state index contributed by atoms with van der Waals surface area (Å²) in [4.78, 5) is 0. The molecule has 1 saturated carbocycles. The molecule has 2 fully saturated rings. The van der Waals surface area contributed by atoms with E-state index in [-0.39, 0.29) is 6.04 Å². The van der Waals surface area contributed by atoms with Gasteiger partial charge >= 0.3 is 0 Å². The molecule has 0 aromatic carbocycles. The molecule has 4 nitrogen and oxygen atoms in total. The summed E-state index contributed by atoms with van der Waals surface area (Å²) in [5, 5.41) is 6.67. The molecule has 2 N–H and O–H groups in total. The third kappa shape index (κ3) is 3.22. The van der Waals surface area contributed by atoms with Gasteiger partial charge in [0.2, 0.25) is 0 Å². The molecule has 5 heteroatoms. The molecule has 1 aliphatic carbocycles. The lowest BCUT2D eigenvalue weighted by Gasteiger charge is -2.10. The number of sulfone groups is 1. The van der Waals surface area contributed by atoms with Gasteiger partial charge in [-0.3, -0.25) is 0 Å².